The van der Waals surface area contributed by atoms with Crippen molar-refractivity contribution in [2.45, 2.75) is 37.4 Å². The second kappa shape index (κ2) is 11.9. The van der Waals surface area contributed by atoms with Crippen LogP contribution < -0.4 is 31.0 Å². The normalized spacial score (nSPS) is 22.9. The minimum absolute atomic E-state index is 0.111. The fourth-order valence-electron chi connectivity index (χ4n) is 5.15. The van der Waals surface area contributed by atoms with E-state index in [1.165, 1.54) is 0 Å². The zero-order valence-electron chi connectivity index (χ0n) is 21.4. The van der Waals surface area contributed by atoms with E-state index in [4.69, 9.17) is 32.7 Å². The molecule has 4 rings (SSSR count). The molecule has 1 aliphatic heterocycles. The predicted molar refractivity (Wildman–Crippen MR) is 145 cm³/mol. The lowest BCUT2D eigenvalue weighted by Gasteiger charge is -2.34. The Morgan fingerprint density at radius 3 is 2.27 bits per heavy atom. The Morgan fingerprint density at radius 1 is 1.03 bits per heavy atom. The van der Waals surface area contributed by atoms with Crippen LogP contribution in [0.15, 0.2) is 30.3 Å². The maximum atomic E-state index is 12.9. The Morgan fingerprint density at radius 2 is 1.68 bits per heavy atom. The third kappa shape index (κ3) is 6.13. The van der Waals surface area contributed by atoms with Gasteiger partial charge in [0.1, 0.15) is 11.5 Å². The summed E-state index contributed by atoms with van der Waals surface area (Å²) in [6.07, 6.45) is 2.29. The number of anilines is 1. The molecule has 1 aliphatic carbocycles. The van der Waals surface area contributed by atoms with Crippen molar-refractivity contribution in [1.29, 1.82) is 0 Å². The van der Waals surface area contributed by atoms with Crippen molar-refractivity contribution >= 4 is 40.7 Å². The van der Waals surface area contributed by atoms with Crippen LogP contribution in [-0.2, 0) is 4.79 Å². The predicted octanol–water partition coefficient (Wildman–Crippen LogP) is 3.63. The monoisotopic (exact) mass is 549 g/mol. The molecule has 2 amide bonds. The molecule has 0 bridgehead atoms. The van der Waals surface area contributed by atoms with Gasteiger partial charge in [-0.05, 0) is 63.5 Å². The molecule has 2 fully saturated rings. The van der Waals surface area contributed by atoms with Gasteiger partial charge in [-0.15, -0.1) is 0 Å². The quantitative estimate of drug-likeness (QED) is 0.398. The van der Waals surface area contributed by atoms with Gasteiger partial charge in [0, 0.05) is 34.8 Å². The van der Waals surface area contributed by atoms with E-state index in [2.05, 4.69) is 21.5 Å². The third-order valence-corrected chi connectivity index (χ3v) is 7.73. The summed E-state index contributed by atoms with van der Waals surface area (Å²) in [7, 11) is 6.80. The zero-order valence-corrected chi connectivity index (χ0v) is 22.9. The first-order valence-electron chi connectivity index (χ1n) is 12.2. The number of ether oxygens (including phenoxy) is 2. The Kier molecular flexibility index (Phi) is 8.82. The zero-order chi connectivity index (χ0) is 26.7. The average molecular weight is 550 g/mol. The second-order valence-electron chi connectivity index (χ2n) is 9.71. The number of likely N-dealkylation sites (N-methyl/N-ethyl adjacent to an activating group) is 1. The fraction of sp³-hybridized carbons (Fsp3) is 0.462. The first-order valence-corrected chi connectivity index (χ1v) is 12.9. The van der Waals surface area contributed by atoms with E-state index in [1.54, 1.807) is 49.5 Å². The molecule has 37 heavy (non-hydrogen) atoms. The topological polar surface area (TPSA) is 104 Å². The lowest BCUT2D eigenvalue weighted by Crippen LogP contribution is -2.47. The minimum atomic E-state index is -0.219. The summed E-state index contributed by atoms with van der Waals surface area (Å²) in [4.78, 5) is 26.7. The number of nitrogens with zero attached hydrogens (tertiary/aromatic N) is 1. The lowest BCUT2D eigenvalue weighted by molar-refractivity contribution is -0.116. The van der Waals surface area contributed by atoms with Crippen molar-refractivity contribution in [3.8, 4) is 11.5 Å². The SMILES string of the molecule is COc1cc(OC)c(Cl)c(C2CCC3C(C2)NNC3NC(=O)c2ccc(NC(=O)CN(C)C)cc2)c1Cl. The number of carbonyl (C=O) groups excluding carboxylic acids is 2. The molecule has 9 nitrogen and oxygen atoms in total. The number of benzene rings is 2. The highest BCUT2D eigenvalue weighted by Crippen LogP contribution is 2.49. The summed E-state index contributed by atoms with van der Waals surface area (Å²) < 4.78 is 10.9. The number of fused-ring (bicyclic) bond motifs is 1. The Labute approximate surface area is 227 Å². The highest BCUT2D eigenvalue weighted by Gasteiger charge is 2.42. The number of nitrogens with one attached hydrogen (secondary N) is 4. The van der Waals surface area contributed by atoms with Crippen LogP contribution in [0.4, 0.5) is 5.69 Å². The van der Waals surface area contributed by atoms with Gasteiger partial charge in [-0.1, -0.05) is 23.2 Å². The van der Waals surface area contributed by atoms with Crippen LogP contribution in [0.25, 0.3) is 0 Å². The molecule has 4 atom stereocenters. The summed E-state index contributed by atoms with van der Waals surface area (Å²) in [5, 5.41) is 6.93. The van der Waals surface area contributed by atoms with Gasteiger partial charge in [-0.2, -0.15) is 0 Å². The van der Waals surface area contributed by atoms with Crippen LogP contribution in [0.1, 0.15) is 41.1 Å². The van der Waals surface area contributed by atoms with Crippen molar-refractivity contribution in [2.75, 3.05) is 40.2 Å². The second-order valence-corrected chi connectivity index (χ2v) is 10.5. The molecule has 2 aromatic rings. The van der Waals surface area contributed by atoms with Crippen LogP contribution in [0.3, 0.4) is 0 Å². The Balaban J connectivity index is 1.38. The maximum Gasteiger partial charge on any atom is 0.252 e. The molecule has 4 N–H and O–H groups in total. The van der Waals surface area contributed by atoms with E-state index in [1.807, 2.05) is 14.1 Å². The summed E-state index contributed by atoms with van der Waals surface area (Å²) in [5.74, 6) is 1.09. The number of hydrogen-bond acceptors (Lipinski definition) is 7. The molecule has 0 aromatic heterocycles. The van der Waals surface area contributed by atoms with Crippen LogP contribution in [0.2, 0.25) is 10.0 Å². The molecule has 0 spiro atoms. The van der Waals surface area contributed by atoms with E-state index in [-0.39, 0.29) is 42.4 Å². The smallest absolute Gasteiger partial charge is 0.252 e. The molecule has 11 heteroatoms. The molecule has 2 aromatic carbocycles. The fourth-order valence-corrected chi connectivity index (χ4v) is 5.96. The van der Waals surface area contributed by atoms with Gasteiger partial charge in [0.25, 0.3) is 5.91 Å². The number of rotatable bonds is 8. The van der Waals surface area contributed by atoms with Gasteiger partial charge >= 0.3 is 0 Å². The number of methoxy groups -OCH3 is 2. The largest absolute Gasteiger partial charge is 0.495 e. The molecule has 2 aliphatic rings. The lowest BCUT2D eigenvalue weighted by atomic mass is 9.75. The van der Waals surface area contributed by atoms with Gasteiger partial charge in [0.05, 0.1) is 37.0 Å². The molecule has 1 saturated carbocycles. The summed E-state index contributed by atoms with van der Waals surface area (Å²) in [5.41, 5.74) is 8.59. The van der Waals surface area contributed by atoms with Crippen molar-refractivity contribution in [2.24, 2.45) is 5.92 Å². The highest BCUT2D eigenvalue weighted by molar-refractivity contribution is 6.38. The minimum Gasteiger partial charge on any atom is -0.495 e. The van der Waals surface area contributed by atoms with E-state index in [0.717, 1.165) is 24.8 Å². The van der Waals surface area contributed by atoms with Crippen LogP contribution in [0, 0.1) is 5.92 Å². The summed E-state index contributed by atoms with van der Waals surface area (Å²) >= 11 is 13.3. The standard InChI is InChI=1S/C26H33Cl2N5O4/c1-33(2)13-21(34)29-16-8-5-14(6-9-16)26(35)30-25-17-10-7-15(11-18(17)31-32-25)22-23(27)19(36-3)12-20(37-4)24(22)28/h5-6,8-9,12,15,17-18,25,31-32H,7,10-11,13H2,1-4H3,(H,29,34)(H,30,35). The van der Waals surface area contributed by atoms with Gasteiger partial charge in [0.15, 0.2) is 0 Å². The molecule has 1 saturated heterocycles. The van der Waals surface area contributed by atoms with Crippen molar-refractivity contribution in [1.82, 2.24) is 21.1 Å². The van der Waals surface area contributed by atoms with E-state index in [9.17, 15) is 9.59 Å². The van der Waals surface area contributed by atoms with Crippen LogP contribution in [-0.4, -0.2) is 63.8 Å². The van der Waals surface area contributed by atoms with E-state index >= 15 is 0 Å². The number of hydrazine groups is 1. The molecular formula is C26H33Cl2N5O4. The molecule has 4 unspecified atom stereocenters. The molecule has 0 radical (unpaired) electrons. The molecular weight excluding hydrogens is 517 g/mol. The van der Waals surface area contributed by atoms with Gasteiger partial charge < -0.3 is 25.0 Å². The van der Waals surface area contributed by atoms with Crippen molar-refractivity contribution in [3.05, 3.63) is 51.5 Å². The summed E-state index contributed by atoms with van der Waals surface area (Å²) in [6, 6.07) is 8.70. The first-order chi connectivity index (χ1) is 17.7. The first kappa shape index (κ1) is 27.5. The number of amides is 2. The van der Waals surface area contributed by atoms with Gasteiger partial charge in [-0.3, -0.25) is 15.0 Å². The molecule has 200 valence electrons. The Bertz CT molecular complexity index is 1120. The highest BCUT2D eigenvalue weighted by atomic mass is 35.5. The van der Waals surface area contributed by atoms with Crippen LogP contribution in [0.5, 0.6) is 11.5 Å². The number of halogens is 2. The van der Waals surface area contributed by atoms with Crippen molar-refractivity contribution < 1.29 is 19.1 Å². The maximum absolute atomic E-state index is 12.9. The van der Waals surface area contributed by atoms with Gasteiger partial charge in [-0.25, -0.2) is 5.43 Å². The molecule has 1 heterocycles. The third-order valence-electron chi connectivity index (χ3n) is 6.95. The Hall–Kier alpha value is -2.56. The summed E-state index contributed by atoms with van der Waals surface area (Å²) in [6.45, 7) is 0.287. The van der Waals surface area contributed by atoms with Crippen molar-refractivity contribution in [3.63, 3.8) is 0 Å². The van der Waals surface area contributed by atoms with E-state index in [0.29, 0.717) is 32.8 Å². The van der Waals surface area contributed by atoms with Crippen LogP contribution >= 0.6 is 23.2 Å². The van der Waals surface area contributed by atoms with E-state index < -0.39 is 0 Å². The van der Waals surface area contributed by atoms with Gasteiger partial charge in [0.2, 0.25) is 5.91 Å². The average Bonchev–Trinajstić information content (AvgIpc) is 3.26. The number of hydrogen-bond donors (Lipinski definition) is 4. The number of carbonyl (C=O) groups is 2.